The Morgan fingerprint density at radius 2 is 1.79 bits per heavy atom. The summed E-state index contributed by atoms with van der Waals surface area (Å²) in [6, 6.07) is 11.1. The molecule has 2 rings (SSSR count). The fraction of sp³-hybridized carbons (Fsp3) is 0.176. The summed E-state index contributed by atoms with van der Waals surface area (Å²) in [5.41, 5.74) is 1.07. The standard InChI is InChI=1S/C17H15Br2NO4/c1-24-15-5-3-2-4-10(15)8-14(17(22)23)20-16(21)11-6-12(18)9-13(19)7-11/h2-7,9,14H,8H2,1H3,(H,20,21)(H,22,23)/t14-/m1/s1. The fourth-order valence-electron chi connectivity index (χ4n) is 2.22. The second kappa shape index (κ2) is 8.30. The number of carbonyl (C=O) groups excluding carboxylic acids is 1. The molecule has 0 aromatic heterocycles. The van der Waals surface area contributed by atoms with Crippen molar-refractivity contribution in [3.63, 3.8) is 0 Å². The van der Waals surface area contributed by atoms with Crippen LogP contribution in [0.25, 0.3) is 0 Å². The molecule has 0 bridgehead atoms. The average Bonchev–Trinajstić information content (AvgIpc) is 2.53. The molecular weight excluding hydrogens is 442 g/mol. The van der Waals surface area contributed by atoms with Crippen molar-refractivity contribution in [2.24, 2.45) is 0 Å². The van der Waals surface area contributed by atoms with E-state index in [2.05, 4.69) is 37.2 Å². The lowest BCUT2D eigenvalue weighted by Gasteiger charge is -2.16. The van der Waals surface area contributed by atoms with E-state index in [0.29, 0.717) is 16.9 Å². The van der Waals surface area contributed by atoms with Crippen LogP contribution in [0.3, 0.4) is 0 Å². The monoisotopic (exact) mass is 455 g/mol. The molecule has 0 aliphatic rings. The zero-order chi connectivity index (χ0) is 17.7. The smallest absolute Gasteiger partial charge is 0.326 e. The molecule has 7 heteroatoms. The molecule has 0 aliphatic carbocycles. The van der Waals surface area contributed by atoms with Crippen molar-refractivity contribution >= 4 is 43.7 Å². The summed E-state index contributed by atoms with van der Waals surface area (Å²) < 4.78 is 6.67. The van der Waals surface area contributed by atoms with E-state index in [1.807, 2.05) is 0 Å². The quantitative estimate of drug-likeness (QED) is 0.695. The molecule has 24 heavy (non-hydrogen) atoms. The predicted molar refractivity (Wildman–Crippen MR) is 97.4 cm³/mol. The first-order chi connectivity index (χ1) is 11.4. The Balaban J connectivity index is 2.19. The number of nitrogens with one attached hydrogen (secondary N) is 1. The Morgan fingerprint density at radius 3 is 2.38 bits per heavy atom. The Bertz CT molecular complexity index is 744. The van der Waals surface area contributed by atoms with Crippen LogP contribution in [0.1, 0.15) is 15.9 Å². The first-order valence-corrected chi connectivity index (χ1v) is 8.61. The first kappa shape index (κ1) is 18.5. The van der Waals surface area contributed by atoms with Gasteiger partial charge in [-0.1, -0.05) is 50.1 Å². The van der Waals surface area contributed by atoms with Gasteiger partial charge in [0.05, 0.1) is 7.11 Å². The highest BCUT2D eigenvalue weighted by molar-refractivity contribution is 9.11. The van der Waals surface area contributed by atoms with Crippen LogP contribution < -0.4 is 10.1 Å². The molecule has 0 saturated carbocycles. The molecule has 1 atom stereocenters. The number of aliphatic carboxylic acids is 1. The van der Waals surface area contributed by atoms with E-state index in [1.165, 1.54) is 7.11 Å². The maximum absolute atomic E-state index is 12.4. The second-order valence-electron chi connectivity index (χ2n) is 5.04. The summed E-state index contributed by atoms with van der Waals surface area (Å²) in [5.74, 6) is -0.981. The summed E-state index contributed by atoms with van der Waals surface area (Å²) in [4.78, 5) is 23.9. The minimum absolute atomic E-state index is 0.125. The van der Waals surface area contributed by atoms with Gasteiger partial charge in [-0.25, -0.2) is 4.79 Å². The van der Waals surface area contributed by atoms with E-state index in [9.17, 15) is 14.7 Å². The van der Waals surface area contributed by atoms with Crippen LogP contribution in [0, 0.1) is 0 Å². The van der Waals surface area contributed by atoms with Gasteiger partial charge in [-0.05, 0) is 29.8 Å². The van der Waals surface area contributed by atoms with Crippen molar-refractivity contribution in [3.05, 3.63) is 62.5 Å². The SMILES string of the molecule is COc1ccccc1C[C@@H](NC(=O)c1cc(Br)cc(Br)c1)C(=O)O. The number of benzene rings is 2. The van der Waals surface area contributed by atoms with Gasteiger partial charge in [0.2, 0.25) is 0 Å². The van der Waals surface area contributed by atoms with E-state index in [0.717, 1.165) is 8.95 Å². The molecule has 0 radical (unpaired) electrons. The molecule has 2 N–H and O–H groups in total. The lowest BCUT2D eigenvalue weighted by atomic mass is 10.0. The molecular formula is C17H15Br2NO4. The number of amides is 1. The summed E-state index contributed by atoms with van der Waals surface area (Å²) >= 11 is 6.61. The minimum atomic E-state index is -1.11. The predicted octanol–water partition coefficient (Wildman–Crippen LogP) is 3.65. The van der Waals surface area contributed by atoms with Crippen molar-refractivity contribution in [1.29, 1.82) is 0 Å². The maximum Gasteiger partial charge on any atom is 0.326 e. The molecule has 0 saturated heterocycles. The normalized spacial score (nSPS) is 11.6. The molecule has 0 heterocycles. The summed E-state index contributed by atoms with van der Waals surface area (Å²) in [5, 5.41) is 12.0. The highest BCUT2D eigenvalue weighted by Crippen LogP contribution is 2.21. The number of carboxylic acid groups (broad SMARTS) is 1. The summed E-state index contributed by atoms with van der Waals surface area (Å²) in [6.45, 7) is 0. The van der Waals surface area contributed by atoms with Crippen molar-refractivity contribution in [2.75, 3.05) is 7.11 Å². The zero-order valence-electron chi connectivity index (χ0n) is 12.8. The van der Waals surface area contributed by atoms with Crippen molar-refractivity contribution in [3.8, 4) is 5.75 Å². The van der Waals surface area contributed by atoms with Crippen LogP contribution in [-0.2, 0) is 11.2 Å². The van der Waals surface area contributed by atoms with Crippen LogP contribution in [-0.4, -0.2) is 30.1 Å². The Kier molecular flexibility index (Phi) is 6.39. The highest BCUT2D eigenvalue weighted by atomic mass is 79.9. The lowest BCUT2D eigenvalue weighted by Crippen LogP contribution is -2.42. The lowest BCUT2D eigenvalue weighted by molar-refractivity contribution is -0.139. The molecule has 2 aromatic rings. The number of halogens is 2. The number of carbonyl (C=O) groups is 2. The van der Waals surface area contributed by atoms with Crippen LogP contribution in [0.5, 0.6) is 5.75 Å². The van der Waals surface area contributed by atoms with Crippen molar-refractivity contribution in [1.82, 2.24) is 5.32 Å². The van der Waals surface area contributed by atoms with E-state index < -0.39 is 17.9 Å². The molecule has 0 aliphatic heterocycles. The van der Waals surface area contributed by atoms with Gasteiger partial charge in [-0.15, -0.1) is 0 Å². The number of rotatable bonds is 6. The fourth-order valence-corrected chi connectivity index (χ4v) is 3.51. The number of hydrogen-bond donors (Lipinski definition) is 2. The zero-order valence-corrected chi connectivity index (χ0v) is 15.9. The van der Waals surface area contributed by atoms with Gasteiger partial charge in [0.1, 0.15) is 11.8 Å². The van der Waals surface area contributed by atoms with Gasteiger partial charge in [-0.2, -0.15) is 0 Å². The molecule has 0 unspecified atom stereocenters. The first-order valence-electron chi connectivity index (χ1n) is 7.02. The Hall–Kier alpha value is -1.86. The highest BCUT2D eigenvalue weighted by Gasteiger charge is 2.22. The van der Waals surface area contributed by atoms with Crippen LogP contribution >= 0.6 is 31.9 Å². The number of ether oxygens (including phenoxy) is 1. The number of hydrogen-bond acceptors (Lipinski definition) is 3. The van der Waals surface area contributed by atoms with Crippen LogP contribution in [0.2, 0.25) is 0 Å². The van der Waals surface area contributed by atoms with Crippen LogP contribution in [0.4, 0.5) is 0 Å². The average molecular weight is 457 g/mol. The van der Waals surface area contributed by atoms with Gasteiger partial charge >= 0.3 is 5.97 Å². The van der Waals surface area contributed by atoms with Gasteiger partial charge in [0, 0.05) is 20.9 Å². The van der Waals surface area contributed by atoms with Gasteiger partial charge in [0.15, 0.2) is 0 Å². The Morgan fingerprint density at radius 1 is 1.17 bits per heavy atom. The van der Waals surface area contributed by atoms with Gasteiger partial charge < -0.3 is 15.2 Å². The third-order valence-corrected chi connectivity index (χ3v) is 4.26. The third-order valence-electron chi connectivity index (χ3n) is 3.34. The maximum atomic E-state index is 12.4. The van der Waals surface area contributed by atoms with Crippen LogP contribution in [0.15, 0.2) is 51.4 Å². The summed E-state index contributed by atoms with van der Waals surface area (Å²) in [6.07, 6.45) is 0.125. The third kappa shape index (κ3) is 4.82. The largest absolute Gasteiger partial charge is 0.496 e. The van der Waals surface area contributed by atoms with E-state index >= 15 is 0 Å². The molecule has 5 nitrogen and oxygen atoms in total. The van der Waals surface area contributed by atoms with Crippen molar-refractivity contribution in [2.45, 2.75) is 12.5 Å². The van der Waals surface area contributed by atoms with Gasteiger partial charge in [-0.3, -0.25) is 4.79 Å². The number of para-hydroxylation sites is 1. The topological polar surface area (TPSA) is 75.6 Å². The van der Waals surface area contributed by atoms with E-state index in [-0.39, 0.29) is 6.42 Å². The molecule has 1 amide bonds. The molecule has 0 spiro atoms. The molecule has 126 valence electrons. The minimum Gasteiger partial charge on any atom is -0.496 e. The van der Waals surface area contributed by atoms with E-state index in [1.54, 1.807) is 42.5 Å². The molecule has 0 fully saturated rings. The molecule has 2 aromatic carbocycles. The number of carboxylic acids is 1. The Labute approximate surface area is 156 Å². The van der Waals surface area contributed by atoms with Gasteiger partial charge in [0.25, 0.3) is 5.91 Å². The second-order valence-corrected chi connectivity index (χ2v) is 6.87. The van der Waals surface area contributed by atoms with E-state index in [4.69, 9.17) is 4.74 Å². The van der Waals surface area contributed by atoms with Crippen molar-refractivity contribution < 1.29 is 19.4 Å². The number of methoxy groups -OCH3 is 1. The summed E-state index contributed by atoms with van der Waals surface area (Å²) in [7, 11) is 1.52.